The number of aromatic carboxylic acids is 1. The molecule has 25 heavy (non-hydrogen) atoms. The number of nitrogens with zero attached hydrogens (tertiary/aromatic N) is 1. The molecule has 7 nitrogen and oxygen atoms in total. The summed E-state index contributed by atoms with van der Waals surface area (Å²) >= 11 is 0. The van der Waals surface area contributed by atoms with Crippen LogP contribution in [0.15, 0.2) is 51.7 Å². The maximum absolute atomic E-state index is 12.5. The van der Waals surface area contributed by atoms with Crippen LogP contribution in [0.5, 0.6) is 0 Å². The smallest absolute Gasteiger partial charge is 0.420 e. The van der Waals surface area contributed by atoms with Crippen molar-refractivity contribution in [1.29, 1.82) is 0 Å². The predicted octanol–water partition coefficient (Wildman–Crippen LogP) is 2.80. The minimum atomic E-state index is -1.12. The number of hydrogen-bond acceptors (Lipinski definition) is 4. The number of carboxylic acid groups (broad SMARTS) is 1. The molecular formula is C18H16N2O5. The molecule has 2 N–H and O–H groups in total. The van der Waals surface area contributed by atoms with Gasteiger partial charge >= 0.3 is 11.7 Å². The van der Waals surface area contributed by atoms with Crippen LogP contribution in [-0.4, -0.2) is 21.6 Å². The molecule has 1 aromatic heterocycles. The molecule has 0 aliphatic rings. The summed E-state index contributed by atoms with van der Waals surface area (Å²) in [4.78, 5) is 35.7. The van der Waals surface area contributed by atoms with Crippen molar-refractivity contribution in [1.82, 2.24) is 4.57 Å². The summed E-state index contributed by atoms with van der Waals surface area (Å²) in [7, 11) is 0. The Morgan fingerprint density at radius 3 is 2.60 bits per heavy atom. The number of amides is 1. The molecule has 3 aromatic rings. The molecule has 1 amide bonds. The van der Waals surface area contributed by atoms with E-state index in [2.05, 4.69) is 5.32 Å². The summed E-state index contributed by atoms with van der Waals surface area (Å²) in [6.45, 7) is 3.45. The van der Waals surface area contributed by atoms with Gasteiger partial charge in [-0.3, -0.25) is 9.36 Å². The van der Waals surface area contributed by atoms with Crippen LogP contribution in [0.1, 0.15) is 28.9 Å². The predicted molar refractivity (Wildman–Crippen MR) is 92.0 cm³/mol. The van der Waals surface area contributed by atoms with Gasteiger partial charge in [0.25, 0.3) is 0 Å². The number of hydrogen-bond donors (Lipinski definition) is 2. The molecule has 1 unspecified atom stereocenters. The number of oxazole rings is 1. The first-order valence-corrected chi connectivity index (χ1v) is 7.63. The van der Waals surface area contributed by atoms with Crippen LogP contribution in [-0.2, 0) is 4.79 Å². The standard InChI is InChI=1S/C18H16N2O5/c1-10-5-3-4-6-13(10)19-16(21)11(2)20-14-8-7-12(17(22)23)9-15(14)25-18(20)24/h3-9,11H,1-2H3,(H,19,21)(H,22,23). The molecule has 0 radical (unpaired) electrons. The van der Waals surface area contributed by atoms with Gasteiger partial charge < -0.3 is 14.8 Å². The number of benzene rings is 2. The van der Waals surface area contributed by atoms with Gasteiger partial charge in [0.05, 0.1) is 11.1 Å². The third-order valence-corrected chi connectivity index (χ3v) is 4.03. The molecule has 1 atom stereocenters. The van der Waals surface area contributed by atoms with Crippen molar-refractivity contribution in [2.24, 2.45) is 0 Å². The molecule has 0 bridgehead atoms. The number of carboxylic acids is 1. The topological polar surface area (TPSA) is 102 Å². The Balaban J connectivity index is 1.96. The highest BCUT2D eigenvalue weighted by Gasteiger charge is 2.22. The monoisotopic (exact) mass is 340 g/mol. The highest BCUT2D eigenvalue weighted by Crippen LogP contribution is 2.21. The van der Waals surface area contributed by atoms with Crippen molar-refractivity contribution < 1.29 is 19.1 Å². The van der Waals surface area contributed by atoms with Crippen molar-refractivity contribution in [3.05, 3.63) is 64.1 Å². The molecule has 0 spiro atoms. The zero-order chi connectivity index (χ0) is 18.1. The van der Waals surface area contributed by atoms with Crippen molar-refractivity contribution in [3.8, 4) is 0 Å². The Morgan fingerprint density at radius 2 is 1.92 bits per heavy atom. The average Bonchev–Trinajstić information content (AvgIpc) is 2.90. The number of rotatable bonds is 4. The van der Waals surface area contributed by atoms with Gasteiger partial charge in [0, 0.05) is 5.69 Å². The van der Waals surface area contributed by atoms with Crippen LogP contribution in [0.4, 0.5) is 5.69 Å². The molecule has 3 rings (SSSR count). The van der Waals surface area contributed by atoms with Crippen LogP contribution >= 0.6 is 0 Å². The van der Waals surface area contributed by atoms with Gasteiger partial charge in [-0.25, -0.2) is 9.59 Å². The first-order valence-electron chi connectivity index (χ1n) is 7.63. The van der Waals surface area contributed by atoms with Gasteiger partial charge in [-0.05, 0) is 43.7 Å². The van der Waals surface area contributed by atoms with E-state index < -0.39 is 17.8 Å². The van der Waals surface area contributed by atoms with Crippen LogP contribution in [0, 0.1) is 6.92 Å². The molecule has 0 saturated carbocycles. The lowest BCUT2D eigenvalue weighted by atomic mass is 10.2. The SMILES string of the molecule is Cc1ccccc1NC(=O)C(C)n1c(=O)oc2cc(C(=O)O)ccc21. The summed E-state index contributed by atoms with van der Waals surface area (Å²) in [5.74, 6) is -2.21. The fourth-order valence-corrected chi connectivity index (χ4v) is 2.60. The summed E-state index contributed by atoms with van der Waals surface area (Å²) < 4.78 is 6.30. The van der Waals surface area contributed by atoms with Crippen molar-refractivity contribution >= 4 is 28.7 Å². The van der Waals surface area contributed by atoms with Crippen LogP contribution in [0.25, 0.3) is 11.1 Å². The number of nitrogens with one attached hydrogen (secondary N) is 1. The van der Waals surface area contributed by atoms with Gasteiger partial charge in [0.15, 0.2) is 5.58 Å². The third-order valence-electron chi connectivity index (χ3n) is 4.03. The first-order chi connectivity index (χ1) is 11.9. The van der Waals surface area contributed by atoms with Gasteiger partial charge in [0.2, 0.25) is 5.91 Å². The van der Waals surface area contributed by atoms with E-state index in [4.69, 9.17) is 9.52 Å². The van der Waals surface area contributed by atoms with E-state index in [0.717, 1.165) is 5.56 Å². The number of anilines is 1. The quantitative estimate of drug-likeness (QED) is 0.760. The second-order valence-corrected chi connectivity index (χ2v) is 5.71. The Hall–Kier alpha value is -3.35. The number of aromatic nitrogens is 1. The second-order valence-electron chi connectivity index (χ2n) is 5.71. The maximum atomic E-state index is 12.5. The summed E-state index contributed by atoms with van der Waals surface area (Å²) in [6, 6.07) is 10.6. The summed E-state index contributed by atoms with van der Waals surface area (Å²) in [5, 5.41) is 11.8. The molecule has 0 saturated heterocycles. The summed E-state index contributed by atoms with van der Waals surface area (Å²) in [5.41, 5.74) is 2.06. The Labute approximate surface area is 142 Å². The fourth-order valence-electron chi connectivity index (χ4n) is 2.60. The molecule has 0 aliphatic carbocycles. The van der Waals surface area contributed by atoms with Gasteiger partial charge in [-0.2, -0.15) is 0 Å². The van der Waals surface area contributed by atoms with Gasteiger partial charge in [-0.15, -0.1) is 0 Å². The molecular weight excluding hydrogens is 324 g/mol. The van der Waals surface area contributed by atoms with E-state index in [1.54, 1.807) is 19.1 Å². The normalized spacial score (nSPS) is 12.1. The maximum Gasteiger partial charge on any atom is 0.420 e. The lowest BCUT2D eigenvalue weighted by molar-refractivity contribution is -0.118. The van der Waals surface area contributed by atoms with Crippen LogP contribution in [0.3, 0.4) is 0 Å². The zero-order valence-corrected chi connectivity index (χ0v) is 13.6. The van der Waals surface area contributed by atoms with E-state index in [-0.39, 0.29) is 17.1 Å². The Kier molecular flexibility index (Phi) is 4.14. The van der Waals surface area contributed by atoms with Crippen molar-refractivity contribution in [3.63, 3.8) is 0 Å². The second kappa shape index (κ2) is 6.27. The molecule has 7 heteroatoms. The van der Waals surface area contributed by atoms with E-state index in [0.29, 0.717) is 11.2 Å². The number of carbonyl (C=O) groups is 2. The lowest BCUT2D eigenvalue weighted by Crippen LogP contribution is -2.29. The molecule has 128 valence electrons. The fraction of sp³-hybridized carbons (Fsp3) is 0.167. The number of carbonyl (C=O) groups excluding carboxylic acids is 1. The summed E-state index contributed by atoms with van der Waals surface area (Å²) in [6.07, 6.45) is 0. The minimum absolute atomic E-state index is 0.00501. The van der Waals surface area contributed by atoms with E-state index in [9.17, 15) is 14.4 Å². The Morgan fingerprint density at radius 1 is 1.20 bits per heavy atom. The van der Waals surface area contributed by atoms with Crippen molar-refractivity contribution in [2.45, 2.75) is 19.9 Å². The molecule has 1 heterocycles. The van der Waals surface area contributed by atoms with Gasteiger partial charge in [-0.1, -0.05) is 18.2 Å². The van der Waals surface area contributed by atoms with Crippen LogP contribution < -0.4 is 11.1 Å². The minimum Gasteiger partial charge on any atom is -0.478 e. The number of para-hydroxylation sites is 1. The highest BCUT2D eigenvalue weighted by atomic mass is 16.4. The third kappa shape index (κ3) is 3.03. The van der Waals surface area contributed by atoms with E-state index >= 15 is 0 Å². The molecule has 0 aliphatic heterocycles. The Bertz CT molecular complexity index is 1030. The number of aryl methyl sites for hydroxylation is 1. The van der Waals surface area contributed by atoms with Crippen molar-refractivity contribution in [2.75, 3.05) is 5.32 Å². The first kappa shape index (κ1) is 16.5. The zero-order valence-electron chi connectivity index (χ0n) is 13.6. The van der Waals surface area contributed by atoms with E-state index in [1.165, 1.54) is 22.8 Å². The molecule has 0 fully saturated rings. The van der Waals surface area contributed by atoms with Gasteiger partial charge in [0.1, 0.15) is 6.04 Å². The van der Waals surface area contributed by atoms with E-state index in [1.807, 2.05) is 19.1 Å². The average molecular weight is 340 g/mol. The number of fused-ring (bicyclic) bond motifs is 1. The van der Waals surface area contributed by atoms with Crippen LogP contribution in [0.2, 0.25) is 0 Å². The highest BCUT2D eigenvalue weighted by molar-refractivity contribution is 5.96. The lowest BCUT2D eigenvalue weighted by Gasteiger charge is -2.14. The largest absolute Gasteiger partial charge is 0.478 e. The molecule has 2 aromatic carbocycles.